The number of nitrogens with zero attached hydrogens (tertiary/aromatic N) is 2. The Hall–Kier alpha value is -2.88. The summed E-state index contributed by atoms with van der Waals surface area (Å²) in [6.45, 7) is 1.70. The molecule has 1 heterocycles. The van der Waals surface area contributed by atoms with Crippen LogP contribution in [-0.4, -0.2) is 4.37 Å². The minimum absolute atomic E-state index is 0.292. The first kappa shape index (κ1) is 20.0. The van der Waals surface area contributed by atoms with E-state index in [1.165, 1.54) is 27.3 Å². The maximum Gasteiger partial charge on any atom is 0.117 e. The van der Waals surface area contributed by atoms with E-state index in [-0.39, 0.29) is 0 Å². The first-order valence-corrected chi connectivity index (χ1v) is 11.7. The van der Waals surface area contributed by atoms with Gasteiger partial charge in [0.1, 0.15) is 5.00 Å². The average Bonchev–Trinajstić information content (AvgIpc) is 3.25. The van der Waals surface area contributed by atoms with E-state index in [1.807, 2.05) is 12.1 Å². The van der Waals surface area contributed by atoms with Crippen LogP contribution in [0.4, 0.5) is 5.00 Å². The van der Waals surface area contributed by atoms with E-state index in [4.69, 9.17) is 16.0 Å². The van der Waals surface area contributed by atoms with Gasteiger partial charge in [-0.05, 0) is 52.9 Å². The third-order valence-electron chi connectivity index (χ3n) is 5.72. The van der Waals surface area contributed by atoms with E-state index >= 15 is 0 Å². The summed E-state index contributed by atoms with van der Waals surface area (Å²) in [5, 5.41) is 2.03. The normalized spacial score (nSPS) is 14.9. The lowest BCUT2D eigenvalue weighted by atomic mass is 9.85. The van der Waals surface area contributed by atoms with Crippen LogP contribution in [0.1, 0.15) is 40.3 Å². The molecule has 0 aliphatic heterocycles. The number of rotatable bonds is 6. The van der Waals surface area contributed by atoms with Gasteiger partial charge in [-0.3, -0.25) is 0 Å². The van der Waals surface area contributed by atoms with Crippen LogP contribution < -0.4 is 4.90 Å². The number of allylic oxidation sites excluding steroid dienone is 1. The highest BCUT2D eigenvalue weighted by Crippen LogP contribution is 2.44. The van der Waals surface area contributed by atoms with Crippen LogP contribution in [-0.2, 0) is 13.1 Å². The highest BCUT2D eigenvalue weighted by molar-refractivity contribution is 7.10. The van der Waals surface area contributed by atoms with Crippen LogP contribution in [0.25, 0.3) is 6.08 Å². The highest BCUT2D eigenvalue weighted by atomic mass is 35.5. The molecule has 0 fully saturated rings. The molecule has 4 heteroatoms. The number of hydrogen-bond acceptors (Lipinski definition) is 3. The summed E-state index contributed by atoms with van der Waals surface area (Å²) >= 11 is 7.77. The van der Waals surface area contributed by atoms with Crippen molar-refractivity contribution < 1.29 is 0 Å². The predicted molar refractivity (Wildman–Crippen MR) is 132 cm³/mol. The fourth-order valence-corrected chi connectivity index (χ4v) is 5.27. The van der Waals surface area contributed by atoms with Gasteiger partial charge >= 0.3 is 0 Å². The summed E-state index contributed by atoms with van der Waals surface area (Å²) in [5.74, 6) is 0.292. The summed E-state index contributed by atoms with van der Waals surface area (Å²) < 4.78 is 4.84. The molecule has 1 atom stereocenters. The zero-order valence-corrected chi connectivity index (χ0v) is 18.7. The largest absolute Gasteiger partial charge is 0.353 e. The SMILES string of the molecule is Clc1ccc([C@@H]2CC=Cc3nsc(N(Cc4ccccc4)Cc4ccccc4)c32)cc1. The Balaban J connectivity index is 1.56. The minimum atomic E-state index is 0.292. The monoisotopic (exact) mass is 442 g/mol. The number of anilines is 1. The number of benzene rings is 3. The molecule has 0 unspecified atom stereocenters. The zero-order valence-electron chi connectivity index (χ0n) is 17.1. The maximum absolute atomic E-state index is 6.16. The number of halogens is 1. The van der Waals surface area contributed by atoms with Crippen molar-refractivity contribution >= 4 is 34.2 Å². The maximum atomic E-state index is 6.16. The fourth-order valence-electron chi connectivity index (χ4n) is 4.21. The van der Waals surface area contributed by atoms with E-state index in [2.05, 4.69) is 89.8 Å². The van der Waals surface area contributed by atoms with Crippen molar-refractivity contribution in [2.75, 3.05) is 4.90 Å². The molecule has 154 valence electrons. The van der Waals surface area contributed by atoms with Crippen molar-refractivity contribution in [3.05, 3.63) is 124 Å². The Morgan fingerprint density at radius 3 is 2.06 bits per heavy atom. The predicted octanol–water partition coefficient (Wildman–Crippen LogP) is 7.55. The molecule has 4 aromatic rings. The van der Waals surface area contributed by atoms with E-state index in [9.17, 15) is 0 Å². The van der Waals surface area contributed by atoms with Crippen molar-refractivity contribution in [2.45, 2.75) is 25.4 Å². The molecule has 5 rings (SSSR count). The van der Waals surface area contributed by atoms with Gasteiger partial charge in [-0.15, -0.1) is 0 Å². The molecule has 3 aromatic carbocycles. The van der Waals surface area contributed by atoms with E-state index in [0.717, 1.165) is 30.2 Å². The fraction of sp³-hybridized carbons (Fsp3) is 0.148. The van der Waals surface area contributed by atoms with Crippen LogP contribution in [0.15, 0.2) is 91.0 Å². The van der Waals surface area contributed by atoms with Crippen molar-refractivity contribution in [3.63, 3.8) is 0 Å². The smallest absolute Gasteiger partial charge is 0.117 e. The van der Waals surface area contributed by atoms with E-state index in [0.29, 0.717) is 5.92 Å². The van der Waals surface area contributed by atoms with Gasteiger partial charge in [0, 0.05) is 29.6 Å². The van der Waals surface area contributed by atoms with Crippen LogP contribution in [0, 0.1) is 0 Å². The topological polar surface area (TPSA) is 16.1 Å². The Morgan fingerprint density at radius 1 is 0.839 bits per heavy atom. The Labute approximate surface area is 192 Å². The summed E-state index contributed by atoms with van der Waals surface area (Å²) in [5.41, 5.74) is 6.32. The molecule has 31 heavy (non-hydrogen) atoms. The highest BCUT2D eigenvalue weighted by Gasteiger charge is 2.28. The molecule has 2 nitrogen and oxygen atoms in total. The lowest BCUT2D eigenvalue weighted by Crippen LogP contribution is -2.23. The molecule has 0 N–H and O–H groups in total. The number of aromatic nitrogens is 1. The third kappa shape index (κ3) is 4.43. The second kappa shape index (κ2) is 9.09. The molecule has 0 bridgehead atoms. The molecule has 0 spiro atoms. The van der Waals surface area contributed by atoms with Crippen molar-refractivity contribution in [2.24, 2.45) is 0 Å². The Bertz CT molecular complexity index is 1130. The van der Waals surface area contributed by atoms with Gasteiger partial charge < -0.3 is 4.90 Å². The molecule has 0 amide bonds. The molecule has 0 radical (unpaired) electrons. The van der Waals surface area contributed by atoms with Crippen molar-refractivity contribution in [1.82, 2.24) is 4.37 Å². The zero-order chi connectivity index (χ0) is 21.0. The van der Waals surface area contributed by atoms with Crippen LogP contribution in [0.3, 0.4) is 0 Å². The quantitative estimate of drug-likeness (QED) is 0.306. The molecule has 0 saturated heterocycles. The summed E-state index contributed by atoms with van der Waals surface area (Å²) in [4.78, 5) is 2.48. The van der Waals surface area contributed by atoms with Gasteiger partial charge in [-0.1, -0.05) is 90.5 Å². The number of hydrogen-bond donors (Lipinski definition) is 0. The first-order chi connectivity index (χ1) is 15.3. The average molecular weight is 443 g/mol. The van der Waals surface area contributed by atoms with E-state index < -0.39 is 0 Å². The van der Waals surface area contributed by atoms with Gasteiger partial charge in [-0.2, -0.15) is 4.37 Å². The first-order valence-electron chi connectivity index (χ1n) is 10.5. The molecule has 1 aliphatic rings. The lowest BCUT2D eigenvalue weighted by molar-refractivity contribution is 0.772. The molecule has 1 aromatic heterocycles. The Kier molecular flexibility index (Phi) is 5.88. The summed E-state index contributed by atoms with van der Waals surface area (Å²) in [6.07, 6.45) is 5.39. The third-order valence-corrected chi connectivity index (χ3v) is 6.92. The molecule has 1 aliphatic carbocycles. The standard InChI is InChI=1S/C27H23ClN2S/c28-23-16-14-22(15-17-23)24-12-7-13-25-26(24)27(31-29-25)30(18-20-8-3-1-4-9-20)19-21-10-5-2-6-11-21/h1-11,13-17,24H,12,18-19H2/t24-/m0/s1. The van der Waals surface area contributed by atoms with Gasteiger partial charge in [0.05, 0.1) is 5.69 Å². The Morgan fingerprint density at radius 2 is 1.45 bits per heavy atom. The lowest BCUT2D eigenvalue weighted by Gasteiger charge is -2.28. The summed E-state index contributed by atoms with van der Waals surface area (Å²) in [7, 11) is 0. The van der Waals surface area contributed by atoms with Gasteiger partial charge in [0.15, 0.2) is 0 Å². The van der Waals surface area contributed by atoms with Gasteiger partial charge in [0.25, 0.3) is 0 Å². The van der Waals surface area contributed by atoms with Crippen LogP contribution in [0.5, 0.6) is 0 Å². The van der Waals surface area contributed by atoms with Crippen molar-refractivity contribution in [3.8, 4) is 0 Å². The second-order valence-corrected chi connectivity index (χ2v) is 9.04. The minimum Gasteiger partial charge on any atom is -0.353 e. The van der Waals surface area contributed by atoms with Crippen LogP contribution >= 0.6 is 23.1 Å². The van der Waals surface area contributed by atoms with Crippen LogP contribution in [0.2, 0.25) is 5.02 Å². The van der Waals surface area contributed by atoms with Gasteiger partial charge in [-0.25, -0.2) is 0 Å². The molecular weight excluding hydrogens is 420 g/mol. The molecule has 0 saturated carbocycles. The molecular formula is C27H23ClN2S. The number of fused-ring (bicyclic) bond motifs is 1. The summed E-state index contributed by atoms with van der Waals surface area (Å²) in [6, 6.07) is 29.6. The van der Waals surface area contributed by atoms with Crippen molar-refractivity contribution in [1.29, 1.82) is 0 Å². The van der Waals surface area contributed by atoms with E-state index in [1.54, 1.807) is 11.5 Å². The second-order valence-electron chi connectivity index (χ2n) is 7.86. The van der Waals surface area contributed by atoms with Gasteiger partial charge in [0.2, 0.25) is 0 Å².